The van der Waals surface area contributed by atoms with Gasteiger partial charge in [0.25, 0.3) is 5.91 Å². The third kappa shape index (κ3) is 6.45. The third-order valence-corrected chi connectivity index (χ3v) is 9.31. The van der Waals surface area contributed by atoms with E-state index in [4.69, 9.17) is 21.1 Å². The molecule has 6 heterocycles. The molecule has 7 rings (SSSR count). The molecule has 13 nitrogen and oxygen atoms in total. The molecule has 1 saturated heterocycles. The number of piperazine rings is 1. The van der Waals surface area contributed by atoms with Crippen LogP contribution in [0, 0.1) is 5.82 Å². The van der Waals surface area contributed by atoms with E-state index in [1.165, 1.54) is 7.11 Å². The molecule has 1 N–H and O–H groups in total. The molecule has 2 amide bonds. The fourth-order valence-electron chi connectivity index (χ4n) is 6.56. The highest BCUT2D eigenvalue weighted by Crippen LogP contribution is 2.39. The van der Waals surface area contributed by atoms with Crippen LogP contribution < -0.4 is 14.4 Å². The third-order valence-electron chi connectivity index (χ3n) is 9.10. The number of fused-ring (bicyclic) bond motifs is 1. The van der Waals surface area contributed by atoms with E-state index < -0.39 is 5.82 Å². The lowest BCUT2D eigenvalue weighted by atomic mass is 9.93. The predicted octanol–water partition coefficient (Wildman–Crippen LogP) is 4.69. The minimum atomic E-state index is -0.500. The van der Waals surface area contributed by atoms with Gasteiger partial charge in [-0.15, -0.1) is 5.10 Å². The first-order valence-electron chi connectivity index (χ1n) is 16.2. The molecule has 4 aromatic heterocycles. The SMILES string of the molecule is COc1cc(Cl)cnc1N1CCN(C(=O)c2cc3c(-c4cccnc4OC)cc(C4=CCCN(C(=O)CCn5ccnn5)C4)c(F)c3[nH]2)CC1. The zero-order valence-electron chi connectivity index (χ0n) is 27.6. The molecule has 0 saturated carbocycles. The number of hydrogen-bond acceptors (Lipinski definition) is 9. The number of benzene rings is 1. The first-order chi connectivity index (χ1) is 24.3. The monoisotopic (exact) mass is 699 g/mol. The fraction of sp³-hybridized carbons (Fsp3) is 0.314. The number of H-pyrrole nitrogens is 1. The Balaban J connectivity index is 1.18. The van der Waals surface area contributed by atoms with E-state index in [9.17, 15) is 9.59 Å². The summed E-state index contributed by atoms with van der Waals surface area (Å²) in [5, 5.41) is 8.72. The highest BCUT2D eigenvalue weighted by molar-refractivity contribution is 6.30. The number of methoxy groups -OCH3 is 2. The van der Waals surface area contributed by atoms with E-state index in [0.717, 1.165) is 0 Å². The quantitative estimate of drug-likeness (QED) is 0.233. The lowest BCUT2D eigenvalue weighted by molar-refractivity contribution is -0.131. The van der Waals surface area contributed by atoms with Gasteiger partial charge < -0.3 is 29.2 Å². The Labute approximate surface area is 292 Å². The van der Waals surface area contributed by atoms with Crippen LogP contribution in [0.15, 0.2) is 61.2 Å². The zero-order valence-corrected chi connectivity index (χ0v) is 28.4. The molecule has 0 radical (unpaired) electrons. The average molecular weight is 700 g/mol. The normalized spacial score (nSPS) is 15.0. The van der Waals surface area contributed by atoms with Gasteiger partial charge in [0.1, 0.15) is 5.69 Å². The summed E-state index contributed by atoms with van der Waals surface area (Å²) in [5.41, 5.74) is 2.77. The summed E-state index contributed by atoms with van der Waals surface area (Å²) in [6, 6.07) is 8.80. The van der Waals surface area contributed by atoms with Crippen molar-refractivity contribution in [3.63, 3.8) is 0 Å². The second kappa shape index (κ2) is 14.2. The lowest BCUT2D eigenvalue weighted by Crippen LogP contribution is -2.49. The van der Waals surface area contributed by atoms with Crippen molar-refractivity contribution in [2.75, 3.05) is 58.4 Å². The van der Waals surface area contributed by atoms with Crippen LogP contribution in [0.25, 0.3) is 27.6 Å². The van der Waals surface area contributed by atoms with Crippen LogP contribution in [0.4, 0.5) is 10.2 Å². The van der Waals surface area contributed by atoms with Gasteiger partial charge in [-0.3, -0.25) is 14.3 Å². The Morgan fingerprint density at radius 2 is 1.82 bits per heavy atom. The van der Waals surface area contributed by atoms with Crippen LogP contribution in [-0.2, 0) is 11.3 Å². The number of carbonyl (C=O) groups excluding carboxylic acids is 2. The largest absolute Gasteiger partial charge is 0.493 e. The number of amides is 2. The standard InChI is InChI=1S/C35H35ClFN9O4/c1-49-29-17-23(36)20-39-33(29)43-13-15-44(16-14-43)35(48)28-19-27-26(24-6-3-8-38-34(24)50-2)18-25(31(37)32(27)41-28)22-5-4-10-45(21-22)30(47)7-11-46-12-9-40-42-46/h3,5-6,8-9,12,17-20,41H,4,7,10-11,13-16,21H2,1-2H3. The van der Waals surface area contributed by atoms with E-state index in [1.54, 1.807) is 70.6 Å². The topological polar surface area (TPSA) is 135 Å². The summed E-state index contributed by atoms with van der Waals surface area (Å²) in [6.45, 7) is 3.07. The molecular formula is C35H35ClFN9O4. The lowest BCUT2D eigenvalue weighted by Gasteiger charge is -2.35. The second-order valence-corrected chi connectivity index (χ2v) is 12.5. The van der Waals surface area contributed by atoms with Crippen LogP contribution in [0.2, 0.25) is 5.02 Å². The first-order valence-corrected chi connectivity index (χ1v) is 16.6. The van der Waals surface area contributed by atoms with Crippen molar-refractivity contribution in [3.05, 3.63) is 83.3 Å². The van der Waals surface area contributed by atoms with Gasteiger partial charge in [-0.2, -0.15) is 0 Å². The molecule has 0 bridgehead atoms. The van der Waals surface area contributed by atoms with Crippen LogP contribution >= 0.6 is 11.6 Å². The van der Waals surface area contributed by atoms with Crippen molar-refractivity contribution in [2.24, 2.45) is 0 Å². The maximum absolute atomic E-state index is 16.7. The maximum Gasteiger partial charge on any atom is 0.270 e. The van der Waals surface area contributed by atoms with Gasteiger partial charge in [-0.25, -0.2) is 14.4 Å². The smallest absolute Gasteiger partial charge is 0.270 e. The van der Waals surface area contributed by atoms with E-state index in [2.05, 4.69) is 25.3 Å². The Kier molecular flexibility index (Phi) is 9.35. The Morgan fingerprint density at radius 3 is 2.58 bits per heavy atom. The number of nitrogens with zero attached hydrogens (tertiary/aromatic N) is 8. The van der Waals surface area contributed by atoms with E-state index in [0.29, 0.717) is 95.8 Å². The maximum atomic E-state index is 16.7. The molecule has 5 aromatic rings. The molecule has 1 aromatic carbocycles. The van der Waals surface area contributed by atoms with E-state index in [1.807, 2.05) is 17.0 Å². The number of pyridine rings is 2. The van der Waals surface area contributed by atoms with Crippen molar-refractivity contribution >= 4 is 45.7 Å². The number of hydrogen-bond donors (Lipinski definition) is 1. The van der Waals surface area contributed by atoms with Gasteiger partial charge >= 0.3 is 0 Å². The zero-order chi connectivity index (χ0) is 34.8. The number of halogens is 2. The predicted molar refractivity (Wildman–Crippen MR) is 186 cm³/mol. The Bertz CT molecular complexity index is 2080. The highest BCUT2D eigenvalue weighted by atomic mass is 35.5. The first kappa shape index (κ1) is 33.0. The number of ether oxygens (including phenoxy) is 2. The van der Waals surface area contributed by atoms with Gasteiger partial charge in [-0.05, 0) is 41.8 Å². The second-order valence-electron chi connectivity index (χ2n) is 12.0. The van der Waals surface area contributed by atoms with Gasteiger partial charge in [-0.1, -0.05) is 22.9 Å². The summed E-state index contributed by atoms with van der Waals surface area (Å²) in [5.74, 6) is 0.782. The van der Waals surface area contributed by atoms with Gasteiger partial charge in [0.15, 0.2) is 17.4 Å². The molecule has 15 heteroatoms. The number of carbonyl (C=O) groups is 2. The van der Waals surface area contributed by atoms with Gasteiger partial charge in [0.2, 0.25) is 11.8 Å². The molecule has 0 atom stereocenters. The summed E-state index contributed by atoms with van der Waals surface area (Å²) >= 11 is 6.10. The highest BCUT2D eigenvalue weighted by Gasteiger charge is 2.29. The van der Waals surface area contributed by atoms with Crippen LogP contribution in [0.3, 0.4) is 0 Å². The number of aromatic nitrogens is 6. The van der Waals surface area contributed by atoms with Crippen LogP contribution in [0.5, 0.6) is 11.6 Å². The van der Waals surface area contributed by atoms with Crippen molar-refractivity contribution in [3.8, 4) is 22.8 Å². The summed E-state index contributed by atoms with van der Waals surface area (Å²) in [4.78, 5) is 44.5. The molecule has 2 aliphatic heterocycles. The fourth-order valence-corrected chi connectivity index (χ4v) is 6.70. The van der Waals surface area contributed by atoms with Crippen molar-refractivity contribution in [2.45, 2.75) is 19.4 Å². The van der Waals surface area contributed by atoms with Crippen LogP contribution in [-0.4, -0.2) is 105 Å². The number of anilines is 1. The number of nitrogens with one attached hydrogen (secondary N) is 1. The minimum absolute atomic E-state index is 0.0557. The van der Waals surface area contributed by atoms with Crippen molar-refractivity contribution in [1.82, 2.24) is 39.7 Å². The number of aryl methyl sites for hydroxylation is 1. The molecule has 1 fully saturated rings. The van der Waals surface area contributed by atoms with E-state index in [-0.39, 0.29) is 36.0 Å². The van der Waals surface area contributed by atoms with Crippen molar-refractivity contribution in [1.29, 1.82) is 0 Å². The van der Waals surface area contributed by atoms with E-state index >= 15 is 4.39 Å². The Hall–Kier alpha value is -5.50. The van der Waals surface area contributed by atoms with Gasteiger partial charge in [0, 0.05) is 86.9 Å². The molecule has 0 unspecified atom stereocenters. The summed E-state index contributed by atoms with van der Waals surface area (Å²) in [7, 11) is 3.09. The molecular weight excluding hydrogens is 665 g/mol. The van der Waals surface area contributed by atoms with Crippen molar-refractivity contribution < 1.29 is 23.5 Å². The minimum Gasteiger partial charge on any atom is -0.493 e. The molecule has 0 spiro atoms. The summed E-state index contributed by atoms with van der Waals surface area (Å²) < 4.78 is 29.3. The molecule has 0 aliphatic carbocycles. The number of rotatable bonds is 9. The van der Waals surface area contributed by atoms with Gasteiger partial charge in [0.05, 0.1) is 37.5 Å². The Morgan fingerprint density at radius 1 is 0.980 bits per heavy atom. The molecule has 258 valence electrons. The molecule has 2 aliphatic rings. The molecule has 50 heavy (non-hydrogen) atoms. The number of aromatic amines is 1. The average Bonchev–Trinajstić information content (AvgIpc) is 3.85. The summed E-state index contributed by atoms with van der Waals surface area (Å²) in [6.07, 6.45) is 9.25. The van der Waals surface area contributed by atoms with Crippen LogP contribution in [0.1, 0.15) is 28.9 Å².